The van der Waals surface area contributed by atoms with E-state index in [4.69, 9.17) is 0 Å². The summed E-state index contributed by atoms with van der Waals surface area (Å²) < 4.78 is 0. The van der Waals surface area contributed by atoms with Crippen LogP contribution in [0.2, 0.25) is 0 Å². The number of hydrogen-bond acceptors (Lipinski definition) is 0. The highest BCUT2D eigenvalue weighted by Crippen LogP contribution is 2.23. The molecule has 0 aliphatic carbocycles. The molecular formula is C12H22. The Balaban J connectivity index is 3.85. The van der Waals surface area contributed by atoms with E-state index in [1.54, 1.807) is 0 Å². The first kappa shape index (κ1) is 11.5. The molecule has 0 amide bonds. The van der Waals surface area contributed by atoms with Crippen LogP contribution in [0.1, 0.15) is 46.5 Å². The van der Waals surface area contributed by atoms with Crippen LogP contribution in [0.25, 0.3) is 0 Å². The summed E-state index contributed by atoms with van der Waals surface area (Å²) >= 11 is 0. The molecule has 0 aromatic rings. The first-order chi connectivity index (χ1) is 5.76. The van der Waals surface area contributed by atoms with E-state index < -0.39 is 0 Å². The second-order valence-electron chi connectivity index (χ2n) is 3.58. The molecule has 0 heterocycles. The third kappa shape index (κ3) is 4.41. The van der Waals surface area contributed by atoms with Crippen molar-refractivity contribution in [1.82, 2.24) is 0 Å². The molecule has 0 saturated heterocycles. The molecule has 0 aromatic carbocycles. The van der Waals surface area contributed by atoms with E-state index in [1.807, 2.05) is 0 Å². The van der Waals surface area contributed by atoms with E-state index in [-0.39, 0.29) is 0 Å². The standard InChI is InChI=1S/C12H22/c1-5-8-10-12(7-3)11(4)9-6-2/h8,11-12H,1,6-7,9-10H2,2-4H3. The lowest BCUT2D eigenvalue weighted by Gasteiger charge is -2.20. The molecule has 0 rings (SSSR count). The summed E-state index contributed by atoms with van der Waals surface area (Å²) in [6.07, 6.45) is 7.15. The molecule has 0 aliphatic rings. The molecule has 0 bridgehead atoms. The Bertz CT molecular complexity index is 140. The fourth-order valence-electron chi connectivity index (χ4n) is 1.73. The van der Waals surface area contributed by atoms with Crippen LogP contribution in [-0.2, 0) is 0 Å². The zero-order chi connectivity index (χ0) is 9.40. The van der Waals surface area contributed by atoms with Gasteiger partial charge < -0.3 is 0 Å². The summed E-state index contributed by atoms with van der Waals surface area (Å²) in [6, 6.07) is 0. The molecular weight excluding hydrogens is 144 g/mol. The number of allylic oxidation sites excluding steroid dienone is 1. The Morgan fingerprint density at radius 1 is 1.42 bits per heavy atom. The van der Waals surface area contributed by atoms with Gasteiger partial charge in [-0.2, -0.15) is 0 Å². The van der Waals surface area contributed by atoms with Gasteiger partial charge in [0.15, 0.2) is 0 Å². The van der Waals surface area contributed by atoms with Crippen molar-refractivity contribution in [3.8, 4) is 0 Å². The quantitative estimate of drug-likeness (QED) is 0.519. The summed E-state index contributed by atoms with van der Waals surface area (Å²) in [5.41, 5.74) is 2.85. The topological polar surface area (TPSA) is 0 Å². The van der Waals surface area contributed by atoms with Crippen LogP contribution >= 0.6 is 0 Å². The molecule has 0 spiro atoms. The summed E-state index contributed by atoms with van der Waals surface area (Å²) in [5, 5.41) is 0. The predicted octanol–water partition coefficient (Wildman–Crippen LogP) is 4.18. The van der Waals surface area contributed by atoms with Gasteiger partial charge >= 0.3 is 0 Å². The highest BCUT2D eigenvalue weighted by molar-refractivity contribution is 4.80. The number of rotatable bonds is 6. The highest BCUT2D eigenvalue weighted by atomic mass is 14.2. The van der Waals surface area contributed by atoms with Crippen molar-refractivity contribution in [2.24, 2.45) is 11.8 Å². The van der Waals surface area contributed by atoms with E-state index >= 15 is 0 Å². The largest absolute Gasteiger partial charge is 0.133 e. The van der Waals surface area contributed by atoms with Gasteiger partial charge in [-0.05, 0) is 24.3 Å². The minimum absolute atomic E-state index is 0.833. The lowest BCUT2D eigenvalue weighted by atomic mass is 9.86. The minimum Gasteiger partial charge on any atom is -0.133 e. The summed E-state index contributed by atoms with van der Waals surface area (Å²) in [7, 11) is 0. The van der Waals surface area contributed by atoms with Crippen LogP contribution in [0, 0.1) is 11.8 Å². The van der Waals surface area contributed by atoms with Crippen molar-refractivity contribution in [3.05, 3.63) is 18.4 Å². The molecule has 2 unspecified atom stereocenters. The molecule has 0 nitrogen and oxygen atoms in total. The molecule has 0 radical (unpaired) electrons. The second-order valence-corrected chi connectivity index (χ2v) is 3.58. The molecule has 70 valence electrons. The van der Waals surface area contributed by atoms with E-state index in [0.717, 1.165) is 18.3 Å². The van der Waals surface area contributed by atoms with Crippen molar-refractivity contribution >= 4 is 0 Å². The normalized spacial score (nSPS) is 14.9. The summed E-state index contributed by atoms with van der Waals surface area (Å²) in [4.78, 5) is 0. The van der Waals surface area contributed by atoms with Crippen LogP contribution in [0.3, 0.4) is 0 Å². The van der Waals surface area contributed by atoms with Crippen LogP contribution in [0.5, 0.6) is 0 Å². The van der Waals surface area contributed by atoms with Gasteiger partial charge in [0.25, 0.3) is 0 Å². The minimum atomic E-state index is 0.833. The molecule has 12 heavy (non-hydrogen) atoms. The lowest BCUT2D eigenvalue weighted by molar-refractivity contribution is 0.328. The maximum Gasteiger partial charge on any atom is -0.0244 e. The van der Waals surface area contributed by atoms with Gasteiger partial charge in [-0.15, -0.1) is 5.73 Å². The Kier molecular flexibility index (Phi) is 6.90. The maximum atomic E-state index is 3.59. The van der Waals surface area contributed by atoms with Crippen LogP contribution in [0.15, 0.2) is 18.4 Å². The van der Waals surface area contributed by atoms with E-state index in [1.165, 1.54) is 19.3 Å². The first-order valence-electron chi connectivity index (χ1n) is 5.10. The van der Waals surface area contributed by atoms with Gasteiger partial charge in [-0.3, -0.25) is 0 Å². The zero-order valence-electron chi connectivity index (χ0n) is 8.77. The van der Waals surface area contributed by atoms with E-state index in [9.17, 15) is 0 Å². The van der Waals surface area contributed by atoms with Crippen LogP contribution in [0.4, 0.5) is 0 Å². The molecule has 2 atom stereocenters. The molecule has 0 heteroatoms. The summed E-state index contributed by atoms with van der Waals surface area (Å²) in [5.74, 6) is 1.68. The summed E-state index contributed by atoms with van der Waals surface area (Å²) in [6.45, 7) is 10.5. The van der Waals surface area contributed by atoms with Gasteiger partial charge in [0, 0.05) is 0 Å². The van der Waals surface area contributed by atoms with Gasteiger partial charge in [0.2, 0.25) is 0 Å². The zero-order valence-corrected chi connectivity index (χ0v) is 8.77. The lowest BCUT2D eigenvalue weighted by Crippen LogP contribution is -2.09. The van der Waals surface area contributed by atoms with Gasteiger partial charge in [0.1, 0.15) is 0 Å². The predicted molar refractivity (Wildman–Crippen MR) is 56.2 cm³/mol. The molecule has 0 aromatic heterocycles. The molecule has 0 fully saturated rings. The molecule has 0 saturated carbocycles. The van der Waals surface area contributed by atoms with Crippen molar-refractivity contribution in [2.75, 3.05) is 0 Å². The van der Waals surface area contributed by atoms with Crippen LogP contribution in [-0.4, -0.2) is 0 Å². The van der Waals surface area contributed by atoms with Crippen molar-refractivity contribution in [3.63, 3.8) is 0 Å². The van der Waals surface area contributed by atoms with Crippen molar-refractivity contribution in [2.45, 2.75) is 46.5 Å². The Labute approximate surface area is 77.4 Å². The Morgan fingerprint density at radius 3 is 2.50 bits per heavy atom. The van der Waals surface area contributed by atoms with Crippen LogP contribution < -0.4 is 0 Å². The maximum absolute atomic E-state index is 3.59. The third-order valence-electron chi connectivity index (χ3n) is 2.64. The SMILES string of the molecule is C=C=CCC(CC)C(C)CCC. The fourth-order valence-corrected chi connectivity index (χ4v) is 1.73. The third-order valence-corrected chi connectivity index (χ3v) is 2.64. The van der Waals surface area contributed by atoms with E-state index in [0.29, 0.717) is 0 Å². The first-order valence-corrected chi connectivity index (χ1v) is 5.10. The Hall–Kier alpha value is -0.480. The van der Waals surface area contributed by atoms with Crippen molar-refractivity contribution in [1.29, 1.82) is 0 Å². The average Bonchev–Trinajstić information content (AvgIpc) is 2.06. The van der Waals surface area contributed by atoms with Gasteiger partial charge in [-0.25, -0.2) is 0 Å². The monoisotopic (exact) mass is 166 g/mol. The average molecular weight is 166 g/mol. The highest BCUT2D eigenvalue weighted by Gasteiger charge is 2.12. The van der Waals surface area contributed by atoms with E-state index in [2.05, 4.69) is 39.2 Å². The number of hydrogen-bond donors (Lipinski definition) is 0. The van der Waals surface area contributed by atoms with Gasteiger partial charge in [-0.1, -0.05) is 46.6 Å². The van der Waals surface area contributed by atoms with Gasteiger partial charge in [0.05, 0.1) is 0 Å². The fraction of sp³-hybridized carbons (Fsp3) is 0.750. The smallest absolute Gasteiger partial charge is 0.0244 e. The second kappa shape index (κ2) is 7.18. The molecule has 0 N–H and O–H groups in total. The Morgan fingerprint density at radius 2 is 2.08 bits per heavy atom. The van der Waals surface area contributed by atoms with Crippen molar-refractivity contribution < 1.29 is 0 Å². The molecule has 0 aliphatic heterocycles.